The van der Waals surface area contributed by atoms with Gasteiger partial charge in [0, 0.05) is 32.5 Å². The van der Waals surface area contributed by atoms with Crippen molar-refractivity contribution in [3.63, 3.8) is 0 Å². The Labute approximate surface area is 142 Å². The van der Waals surface area contributed by atoms with Crippen molar-refractivity contribution in [3.05, 3.63) is 28.8 Å². The number of ether oxygens (including phenoxy) is 1. The molecular formula is C14H17BrN6O2. The second-order valence-electron chi connectivity index (χ2n) is 5.51. The fourth-order valence-electron chi connectivity index (χ4n) is 2.48. The van der Waals surface area contributed by atoms with Crippen molar-refractivity contribution in [2.45, 2.75) is 12.8 Å². The average Bonchev–Trinajstić information content (AvgIpc) is 3.01. The van der Waals surface area contributed by atoms with Crippen LogP contribution in [0.5, 0.6) is 6.01 Å². The van der Waals surface area contributed by atoms with Gasteiger partial charge in [-0.15, -0.1) is 5.10 Å². The first-order valence-electron chi connectivity index (χ1n) is 7.38. The predicted molar refractivity (Wildman–Crippen MR) is 84.9 cm³/mol. The number of carbonyl (C=O) groups excluding carboxylic acids is 1. The summed E-state index contributed by atoms with van der Waals surface area (Å²) in [6.45, 7) is 1.96. The summed E-state index contributed by atoms with van der Waals surface area (Å²) in [5, 5.41) is 7.67. The van der Waals surface area contributed by atoms with Crippen LogP contribution in [0.4, 0.5) is 0 Å². The summed E-state index contributed by atoms with van der Waals surface area (Å²) in [6, 6.07) is 0.381. The number of hydrogen-bond donors (Lipinski definition) is 0. The molecule has 1 aliphatic rings. The lowest BCUT2D eigenvalue weighted by molar-refractivity contribution is 0.0651. The van der Waals surface area contributed by atoms with Crippen LogP contribution in [-0.4, -0.2) is 55.5 Å². The Kier molecular flexibility index (Phi) is 4.85. The second kappa shape index (κ2) is 7.03. The molecule has 1 aliphatic heterocycles. The van der Waals surface area contributed by atoms with Crippen molar-refractivity contribution < 1.29 is 9.53 Å². The van der Waals surface area contributed by atoms with Gasteiger partial charge < -0.3 is 9.64 Å². The molecule has 0 saturated carbocycles. The molecule has 0 aromatic carbocycles. The molecule has 3 rings (SSSR count). The second-order valence-corrected chi connectivity index (χ2v) is 6.42. The van der Waals surface area contributed by atoms with Gasteiger partial charge in [0.05, 0.1) is 17.3 Å². The van der Waals surface area contributed by atoms with Crippen molar-refractivity contribution >= 4 is 21.8 Å². The van der Waals surface area contributed by atoms with Crippen molar-refractivity contribution in [2.24, 2.45) is 13.0 Å². The maximum absolute atomic E-state index is 12.3. The Balaban J connectivity index is 1.46. The Morgan fingerprint density at radius 2 is 2.04 bits per heavy atom. The normalized spacial score (nSPS) is 15.7. The number of piperidine rings is 1. The summed E-state index contributed by atoms with van der Waals surface area (Å²) in [5.74, 6) is 0.335. The number of halogens is 1. The summed E-state index contributed by atoms with van der Waals surface area (Å²) in [6.07, 6.45) is 6.74. The first kappa shape index (κ1) is 15.9. The Hall–Kier alpha value is -2.03. The highest BCUT2D eigenvalue weighted by Crippen LogP contribution is 2.19. The standard InChI is InChI=1S/C14H17BrN6O2/c1-20-8-12(18-19-20)13(22)21-4-2-10(3-5-21)9-23-14-16-6-11(15)7-17-14/h6-8,10H,2-5,9H2,1H3. The van der Waals surface area contributed by atoms with Gasteiger partial charge in [-0.3, -0.25) is 9.48 Å². The number of nitrogens with zero attached hydrogens (tertiary/aromatic N) is 6. The van der Waals surface area contributed by atoms with E-state index in [2.05, 4.69) is 36.2 Å². The van der Waals surface area contributed by atoms with Crippen LogP contribution in [0.2, 0.25) is 0 Å². The molecule has 122 valence electrons. The van der Waals surface area contributed by atoms with Crippen molar-refractivity contribution in [2.75, 3.05) is 19.7 Å². The zero-order valence-corrected chi connectivity index (χ0v) is 14.3. The van der Waals surface area contributed by atoms with Crippen LogP contribution < -0.4 is 4.74 Å². The van der Waals surface area contributed by atoms with E-state index in [1.807, 2.05) is 4.90 Å². The third kappa shape index (κ3) is 4.04. The zero-order valence-electron chi connectivity index (χ0n) is 12.7. The first-order valence-corrected chi connectivity index (χ1v) is 8.17. The Bertz CT molecular complexity index is 666. The number of aryl methyl sites for hydroxylation is 1. The molecule has 0 atom stereocenters. The van der Waals surface area contributed by atoms with Crippen LogP contribution in [0, 0.1) is 5.92 Å². The molecule has 0 spiro atoms. The van der Waals surface area contributed by atoms with Crippen molar-refractivity contribution in [1.82, 2.24) is 29.9 Å². The van der Waals surface area contributed by atoms with E-state index in [4.69, 9.17) is 4.74 Å². The maximum atomic E-state index is 12.3. The lowest BCUT2D eigenvalue weighted by Gasteiger charge is -2.31. The summed E-state index contributed by atoms with van der Waals surface area (Å²) in [4.78, 5) is 22.3. The van der Waals surface area contributed by atoms with Gasteiger partial charge in [0.2, 0.25) is 0 Å². The summed E-state index contributed by atoms with van der Waals surface area (Å²) in [7, 11) is 1.75. The molecule has 0 aliphatic carbocycles. The Morgan fingerprint density at radius 1 is 1.35 bits per heavy atom. The summed E-state index contributed by atoms with van der Waals surface area (Å²) in [5.41, 5.74) is 0.394. The fraction of sp³-hybridized carbons (Fsp3) is 0.500. The van der Waals surface area contributed by atoms with E-state index in [9.17, 15) is 4.79 Å². The summed E-state index contributed by atoms with van der Waals surface area (Å²) >= 11 is 3.28. The van der Waals surface area contributed by atoms with E-state index in [1.54, 1.807) is 25.6 Å². The zero-order chi connectivity index (χ0) is 16.2. The minimum atomic E-state index is -0.0614. The van der Waals surface area contributed by atoms with Gasteiger partial charge in [-0.2, -0.15) is 0 Å². The van der Waals surface area contributed by atoms with Gasteiger partial charge in [0.25, 0.3) is 5.91 Å². The van der Waals surface area contributed by atoms with Gasteiger partial charge in [0.15, 0.2) is 5.69 Å². The van der Waals surface area contributed by atoms with Crippen LogP contribution in [0.3, 0.4) is 0 Å². The molecule has 0 N–H and O–H groups in total. The quantitative estimate of drug-likeness (QED) is 0.794. The average molecular weight is 381 g/mol. The van der Waals surface area contributed by atoms with Crippen LogP contribution in [0.15, 0.2) is 23.1 Å². The SMILES string of the molecule is Cn1cc(C(=O)N2CCC(COc3ncc(Br)cn3)CC2)nn1. The highest BCUT2D eigenvalue weighted by atomic mass is 79.9. The van der Waals surface area contributed by atoms with Crippen molar-refractivity contribution in [3.8, 4) is 6.01 Å². The van der Waals surface area contributed by atoms with Crippen LogP contribution in [0.1, 0.15) is 23.3 Å². The third-order valence-electron chi connectivity index (χ3n) is 3.77. The molecule has 8 nitrogen and oxygen atoms in total. The molecule has 23 heavy (non-hydrogen) atoms. The predicted octanol–water partition coefficient (Wildman–Crippen LogP) is 1.30. The molecule has 0 radical (unpaired) electrons. The van der Waals surface area contributed by atoms with E-state index in [0.717, 1.165) is 17.3 Å². The molecular weight excluding hydrogens is 364 g/mol. The third-order valence-corrected chi connectivity index (χ3v) is 4.18. The van der Waals surface area contributed by atoms with Gasteiger partial charge in [-0.25, -0.2) is 9.97 Å². The molecule has 1 amide bonds. The van der Waals surface area contributed by atoms with Gasteiger partial charge in [0.1, 0.15) is 0 Å². The van der Waals surface area contributed by atoms with E-state index >= 15 is 0 Å². The minimum absolute atomic E-state index is 0.0614. The van der Waals surface area contributed by atoms with E-state index in [-0.39, 0.29) is 5.91 Å². The molecule has 1 fully saturated rings. The maximum Gasteiger partial charge on any atom is 0.316 e. The Morgan fingerprint density at radius 3 is 2.65 bits per heavy atom. The van der Waals surface area contributed by atoms with Gasteiger partial charge in [-0.1, -0.05) is 5.21 Å². The molecule has 0 unspecified atom stereocenters. The van der Waals surface area contributed by atoms with Crippen molar-refractivity contribution in [1.29, 1.82) is 0 Å². The number of carbonyl (C=O) groups is 1. The van der Waals surface area contributed by atoms with Crippen LogP contribution in [0.25, 0.3) is 0 Å². The minimum Gasteiger partial charge on any atom is -0.463 e. The molecule has 3 heterocycles. The number of hydrogen-bond acceptors (Lipinski definition) is 6. The molecule has 2 aromatic heterocycles. The molecule has 2 aromatic rings. The fourth-order valence-corrected chi connectivity index (χ4v) is 2.68. The molecule has 9 heteroatoms. The molecule has 1 saturated heterocycles. The van der Waals surface area contributed by atoms with Gasteiger partial charge in [-0.05, 0) is 34.7 Å². The summed E-state index contributed by atoms with van der Waals surface area (Å²) < 4.78 is 7.97. The largest absolute Gasteiger partial charge is 0.463 e. The van der Waals surface area contributed by atoms with E-state index < -0.39 is 0 Å². The number of likely N-dealkylation sites (tertiary alicyclic amines) is 1. The highest BCUT2D eigenvalue weighted by molar-refractivity contribution is 9.10. The van der Waals surface area contributed by atoms with Crippen LogP contribution >= 0.6 is 15.9 Å². The monoisotopic (exact) mass is 380 g/mol. The smallest absolute Gasteiger partial charge is 0.316 e. The molecule has 0 bridgehead atoms. The lowest BCUT2D eigenvalue weighted by atomic mass is 9.97. The van der Waals surface area contributed by atoms with E-state index in [1.165, 1.54) is 4.68 Å². The van der Waals surface area contributed by atoms with Gasteiger partial charge >= 0.3 is 6.01 Å². The number of amides is 1. The first-order chi connectivity index (χ1) is 11.1. The topological polar surface area (TPSA) is 86.0 Å². The number of rotatable bonds is 4. The van der Waals surface area contributed by atoms with Crippen LogP contribution in [-0.2, 0) is 7.05 Å². The lowest BCUT2D eigenvalue weighted by Crippen LogP contribution is -2.39. The number of aromatic nitrogens is 5. The highest BCUT2D eigenvalue weighted by Gasteiger charge is 2.25. The van der Waals surface area contributed by atoms with E-state index in [0.29, 0.717) is 37.3 Å².